The van der Waals surface area contributed by atoms with Crippen molar-refractivity contribution >= 4 is 6.09 Å². The number of pyridine rings is 1. The van der Waals surface area contributed by atoms with Gasteiger partial charge in [-0.15, -0.1) is 0 Å². The van der Waals surface area contributed by atoms with Crippen LogP contribution >= 0.6 is 0 Å². The van der Waals surface area contributed by atoms with Gasteiger partial charge in [-0.2, -0.15) is 13.2 Å². The maximum Gasteiger partial charge on any atom is 0.417 e. The van der Waals surface area contributed by atoms with Crippen molar-refractivity contribution in [3.63, 3.8) is 0 Å². The maximum atomic E-state index is 12.7. The van der Waals surface area contributed by atoms with Gasteiger partial charge in [0.2, 0.25) is 0 Å². The Bertz CT molecular complexity index is 579. The molecular formula is C17H23F3N2O2. The summed E-state index contributed by atoms with van der Waals surface area (Å²) in [6, 6.07) is 1.94. The van der Waals surface area contributed by atoms with Crippen molar-refractivity contribution in [3.8, 4) is 0 Å². The van der Waals surface area contributed by atoms with Crippen LogP contribution in [0.25, 0.3) is 0 Å². The van der Waals surface area contributed by atoms with Crippen LogP contribution in [0.5, 0.6) is 0 Å². The highest BCUT2D eigenvalue weighted by atomic mass is 19.4. The van der Waals surface area contributed by atoms with Gasteiger partial charge >= 0.3 is 12.3 Å². The van der Waals surface area contributed by atoms with Crippen molar-refractivity contribution in [2.75, 3.05) is 0 Å². The molecule has 0 spiro atoms. The molecule has 2 atom stereocenters. The van der Waals surface area contributed by atoms with Crippen LogP contribution < -0.4 is 0 Å². The lowest BCUT2D eigenvalue weighted by atomic mass is 9.94. The fourth-order valence-electron chi connectivity index (χ4n) is 2.87. The van der Waals surface area contributed by atoms with E-state index in [1.165, 1.54) is 6.07 Å². The summed E-state index contributed by atoms with van der Waals surface area (Å²) in [6.07, 6.45) is -1.69. The zero-order valence-corrected chi connectivity index (χ0v) is 14.4. The van der Waals surface area contributed by atoms with Crippen LogP contribution in [-0.4, -0.2) is 27.6 Å². The number of nitrogens with zero attached hydrogens (tertiary/aromatic N) is 2. The van der Waals surface area contributed by atoms with Crippen molar-refractivity contribution in [1.29, 1.82) is 0 Å². The highest BCUT2D eigenvalue weighted by Gasteiger charge is 2.37. The number of halogens is 3. The Balaban J connectivity index is 2.26. The second-order valence-corrected chi connectivity index (χ2v) is 7.15. The highest BCUT2D eigenvalue weighted by molar-refractivity contribution is 5.69. The van der Waals surface area contributed by atoms with Crippen LogP contribution in [0.3, 0.4) is 0 Å². The molecule has 2 unspecified atom stereocenters. The Hall–Kier alpha value is -1.79. The topological polar surface area (TPSA) is 42.4 Å². The summed E-state index contributed by atoms with van der Waals surface area (Å²) < 4.78 is 43.5. The first-order valence-corrected chi connectivity index (χ1v) is 8.03. The summed E-state index contributed by atoms with van der Waals surface area (Å²) in [7, 11) is 0. The molecule has 7 heteroatoms. The number of rotatable bonds is 1. The first kappa shape index (κ1) is 18.5. The quantitative estimate of drug-likeness (QED) is 0.724. The van der Waals surface area contributed by atoms with Crippen molar-refractivity contribution in [2.24, 2.45) is 0 Å². The molecule has 24 heavy (non-hydrogen) atoms. The van der Waals surface area contributed by atoms with Crippen LogP contribution in [-0.2, 0) is 10.9 Å². The Labute approximate surface area is 140 Å². The third kappa shape index (κ3) is 4.39. The molecule has 1 amide bonds. The number of aromatic nitrogens is 1. The van der Waals surface area contributed by atoms with Gasteiger partial charge in [0.05, 0.1) is 17.3 Å². The van der Waals surface area contributed by atoms with Gasteiger partial charge in [-0.1, -0.05) is 0 Å². The second kappa shape index (κ2) is 6.61. The van der Waals surface area contributed by atoms with Gasteiger partial charge in [0.25, 0.3) is 0 Å². The predicted molar refractivity (Wildman–Crippen MR) is 83.4 cm³/mol. The number of ether oxygens (including phenoxy) is 1. The minimum atomic E-state index is -4.42. The van der Waals surface area contributed by atoms with E-state index >= 15 is 0 Å². The summed E-state index contributed by atoms with van der Waals surface area (Å²) in [5.74, 6) is 0. The lowest BCUT2D eigenvalue weighted by Crippen LogP contribution is -2.46. The summed E-state index contributed by atoms with van der Waals surface area (Å²) >= 11 is 0. The molecule has 2 heterocycles. The standard InChI is InChI=1S/C17H23F3N2O2/c1-11-6-5-7-14(22(11)15(23)24-16(2,3)4)13-9-8-12(10-21-13)17(18,19)20/h8-11,14H,5-7H2,1-4H3. The molecule has 0 N–H and O–H groups in total. The number of amides is 1. The second-order valence-electron chi connectivity index (χ2n) is 7.15. The lowest BCUT2D eigenvalue weighted by molar-refractivity contribution is -0.137. The number of carbonyl (C=O) groups is 1. The number of piperidine rings is 1. The smallest absolute Gasteiger partial charge is 0.417 e. The molecule has 1 aliphatic heterocycles. The molecule has 0 saturated carbocycles. The summed E-state index contributed by atoms with van der Waals surface area (Å²) in [5, 5.41) is 0. The van der Waals surface area contributed by atoms with Gasteiger partial charge in [-0.25, -0.2) is 4.79 Å². The van der Waals surface area contributed by atoms with Crippen LogP contribution in [0.1, 0.15) is 64.3 Å². The van der Waals surface area contributed by atoms with E-state index in [1.807, 2.05) is 6.92 Å². The van der Waals surface area contributed by atoms with E-state index in [2.05, 4.69) is 4.98 Å². The lowest BCUT2D eigenvalue weighted by Gasteiger charge is -2.40. The average Bonchev–Trinajstić information content (AvgIpc) is 2.44. The minimum Gasteiger partial charge on any atom is -0.444 e. The molecule has 0 aliphatic carbocycles. The number of hydrogen-bond acceptors (Lipinski definition) is 3. The van der Waals surface area contributed by atoms with E-state index < -0.39 is 23.4 Å². The van der Waals surface area contributed by atoms with E-state index in [4.69, 9.17) is 4.74 Å². The fraction of sp³-hybridized carbons (Fsp3) is 0.647. The van der Waals surface area contributed by atoms with E-state index in [-0.39, 0.29) is 12.1 Å². The molecule has 134 valence electrons. The molecule has 4 nitrogen and oxygen atoms in total. The largest absolute Gasteiger partial charge is 0.444 e. The Morgan fingerprint density at radius 2 is 1.92 bits per heavy atom. The summed E-state index contributed by atoms with van der Waals surface area (Å²) in [4.78, 5) is 18.1. The van der Waals surface area contributed by atoms with Crippen LogP contribution in [0.2, 0.25) is 0 Å². The third-order valence-electron chi connectivity index (χ3n) is 3.97. The molecule has 0 radical (unpaired) electrons. The minimum absolute atomic E-state index is 0.0531. The number of alkyl halides is 3. The van der Waals surface area contributed by atoms with Gasteiger partial charge in [0.1, 0.15) is 5.60 Å². The molecule has 1 saturated heterocycles. The fourth-order valence-corrected chi connectivity index (χ4v) is 2.87. The maximum absolute atomic E-state index is 12.7. The van der Waals surface area contributed by atoms with Gasteiger partial charge in [0.15, 0.2) is 0 Å². The molecule has 1 aliphatic rings. The number of likely N-dealkylation sites (tertiary alicyclic amines) is 1. The molecular weight excluding hydrogens is 321 g/mol. The highest BCUT2D eigenvalue weighted by Crippen LogP contribution is 2.36. The van der Waals surface area contributed by atoms with Crippen molar-refractivity contribution in [3.05, 3.63) is 29.6 Å². The Morgan fingerprint density at radius 1 is 1.25 bits per heavy atom. The van der Waals surface area contributed by atoms with Gasteiger partial charge in [0, 0.05) is 12.2 Å². The normalized spacial score (nSPS) is 22.4. The summed E-state index contributed by atoms with van der Waals surface area (Å²) in [5.41, 5.74) is -0.967. The first-order valence-electron chi connectivity index (χ1n) is 8.03. The first-order chi connectivity index (χ1) is 11.0. The Kier molecular flexibility index (Phi) is 5.11. The molecule has 1 fully saturated rings. The van der Waals surface area contributed by atoms with Crippen molar-refractivity contribution in [1.82, 2.24) is 9.88 Å². The van der Waals surface area contributed by atoms with Crippen molar-refractivity contribution < 1.29 is 22.7 Å². The van der Waals surface area contributed by atoms with E-state index in [9.17, 15) is 18.0 Å². The zero-order chi connectivity index (χ0) is 18.1. The molecule has 0 bridgehead atoms. The molecule has 2 rings (SSSR count). The monoisotopic (exact) mass is 344 g/mol. The SMILES string of the molecule is CC1CCCC(c2ccc(C(F)(F)F)cn2)N1C(=O)OC(C)(C)C. The van der Waals surface area contributed by atoms with Crippen LogP contribution in [0.4, 0.5) is 18.0 Å². The van der Waals surface area contributed by atoms with Crippen LogP contribution in [0, 0.1) is 0 Å². The average molecular weight is 344 g/mol. The molecule has 0 aromatic carbocycles. The third-order valence-corrected chi connectivity index (χ3v) is 3.97. The number of carbonyl (C=O) groups excluding carboxylic acids is 1. The molecule has 1 aromatic heterocycles. The van der Waals surface area contributed by atoms with Gasteiger partial charge < -0.3 is 4.74 Å². The van der Waals surface area contributed by atoms with Crippen molar-refractivity contribution in [2.45, 2.75) is 70.8 Å². The Morgan fingerprint density at radius 3 is 2.42 bits per heavy atom. The molecule has 1 aromatic rings. The van der Waals surface area contributed by atoms with E-state index in [0.29, 0.717) is 12.1 Å². The number of hydrogen-bond donors (Lipinski definition) is 0. The predicted octanol–water partition coefficient (Wildman–Crippen LogP) is 4.95. The van der Waals surface area contributed by atoms with Gasteiger partial charge in [-0.3, -0.25) is 9.88 Å². The van der Waals surface area contributed by atoms with Gasteiger partial charge in [-0.05, 0) is 59.1 Å². The van der Waals surface area contributed by atoms with Crippen LogP contribution in [0.15, 0.2) is 18.3 Å². The zero-order valence-electron chi connectivity index (χ0n) is 14.4. The summed E-state index contributed by atoms with van der Waals surface area (Å²) in [6.45, 7) is 7.26. The van der Waals surface area contributed by atoms with E-state index in [1.54, 1.807) is 25.7 Å². The van der Waals surface area contributed by atoms with E-state index in [0.717, 1.165) is 25.1 Å².